The van der Waals surface area contributed by atoms with Crippen molar-refractivity contribution < 1.29 is 4.79 Å². The van der Waals surface area contributed by atoms with E-state index in [2.05, 4.69) is 18.2 Å². The zero-order chi connectivity index (χ0) is 14.9. The van der Waals surface area contributed by atoms with Crippen LogP contribution in [0.5, 0.6) is 0 Å². The molecule has 2 heteroatoms. The molecule has 1 aliphatic rings. The molecule has 0 atom stereocenters. The molecule has 0 radical (unpaired) electrons. The van der Waals surface area contributed by atoms with Crippen LogP contribution >= 0.6 is 0 Å². The first-order chi connectivity index (χ1) is 10.8. The summed E-state index contributed by atoms with van der Waals surface area (Å²) in [5, 5.41) is 0. The van der Waals surface area contributed by atoms with E-state index >= 15 is 0 Å². The first kappa shape index (κ1) is 12.8. The third-order valence-corrected chi connectivity index (χ3v) is 4.05. The number of para-hydroxylation sites is 2. The molecule has 3 aromatic carbocycles. The van der Waals surface area contributed by atoms with Crippen LogP contribution in [0.25, 0.3) is 11.1 Å². The van der Waals surface area contributed by atoms with Gasteiger partial charge >= 0.3 is 0 Å². The molecule has 22 heavy (non-hydrogen) atoms. The van der Waals surface area contributed by atoms with Crippen LogP contribution in [0.3, 0.4) is 0 Å². The summed E-state index contributed by atoms with van der Waals surface area (Å²) in [6.45, 7) is 0. The maximum Gasteiger partial charge on any atom is 0.236 e. The largest absolute Gasteiger partial charge is 0.280 e. The summed E-state index contributed by atoms with van der Waals surface area (Å²) < 4.78 is 0. The Labute approximate surface area is 129 Å². The van der Waals surface area contributed by atoms with Gasteiger partial charge in [0.2, 0.25) is 5.91 Å². The van der Waals surface area contributed by atoms with Crippen LogP contribution in [-0.4, -0.2) is 5.91 Å². The van der Waals surface area contributed by atoms with E-state index in [-0.39, 0.29) is 5.91 Å². The summed E-state index contributed by atoms with van der Waals surface area (Å²) in [5.41, 5.74) is 5.23. The molecular formula is C20H15NO. The first-order valence-electron chi connectivity index (χ1n) is 7.40. The monoisotopic (exact) mass is 285 g/mol. The number of fused-ring (bicyclic) bond motifs is 1. The maximum atomic E-state index is 12.5. The van der Waals surface area contributed by atoms with E-state index in [9.17, 15) is 4.79 Å². The van der Waals surface area contributed by atoms with Crippen molar-refractivity contribution in [2.24, 2.45) is 0 Å². The summed E-state index contributed by atoms with van der Waals surface area (Å²) in [5.74, 6) is 0.129. The number of amides is 1. The van der Waals surface area contributed by atoms with E-state index in [1.54, 1.807) is 0 Å². The second kappa shape index (κ2) is 5.15. The van der Waals surface area contributed by atoms with Crippen LogP contribution in [0.2, 0.25) is 0 Å². The van der Waals surface area contributed by atoms with Gasteiger partial charge in [0.15, 0.2) is 0 Å². The van der Waals surface area contributed by atoms with Gasteiger partial charge in [0.1, 0.15) is 0 Å². The molecule has 0 N–H and O–H groups in total. The SMILES string of the molecule is O=C1Cc2ccccc2N1c1ccccc1-c1ccccc1. The van der Waals surface area contributed by atoms with E-state index in [1.165, 1.54) is 0 Å². The Balaban J connectivity index is 1.90. The van der Waals surface area contributed by atoms with Crippen LogP contribution in [0.1, 0.15) is 5.56 Å². The number of carbonyl (C=O) groups is 1. The molecule has 1 aliphatic heterocycles. The highest BCUT2D eigenvalue weighted by molar-refractivity contribution is 6.09. The van der Waals surface area contributed by atoms with Crippen molar-refractivity contribution >= 4 is 17.3 Å². The van der Waals surface area contributed by atoms with Gasteiger partial charge in [-0.05, 0) is 23.3 Å². The molecule has 2 nitrogen and oxygen atoms in total. The molecule has 0 spiro atoms. The predicted octanol–water partition coefficient (Wildman–Crippen LogP) is 4.57. The normalized spacial score (nSPS) is 13.3. The fraction of sp³-hybridized carbons (Fsp3) is 0.0500. The number of anilines is 2. The van der Waals surface area contributed by atoms with Gasteiger partial charge in [-0.25, -0.2) is 0 Å². The van der Waals surface area contributed by atoms with Gasteiger partial charge in [0.05, 0.1) is 17.8 Å². The minimum atomic E-state index is 0.129. The standard InChI is InChI=1S/C20H15NO/c22-20-14-16-10-4-6-12-18(16)21(20)19-13-7-5-11-17(19)15-8-2-1-3-9-15/h1-13H,14H2. The molecule has 106 valence electrons. The quantitative estimate of drug-likeness (QED) is 0.675. The lowest BCUT2D eigenvalue weighted by molar-refractivity contribution is -0.116. The zero-order valence-corrected chi connectivity index (χ0v) is 12.1. The van der Waals surface area contributed by atoms with Crippen molar-refractivity contribution in [2.75, 3.05) is 4.90 Å². The number of rotatable bonds is 2. The van der Waals surface area contributed by atoms with Gasteiger partial charge < -0.3 is 0 Å². The van der Waals surface area contributed by atoms with Crippen molar-refractivity contribution in [3.63, 3.8) is 0 Å². The molecule has 0 unspecified atom stereocenters. The second-order valence-electron chi connectivity index (χ2n) is 5.42. The smallest absolute Gasteiger partial charge is 0.236 e. The number of benzene rings is 3. The summed E-state index contributed by atoms with van der Waals surface area (Å²) in [7, 11) is 0. The van der Waals surface area contributed by atoms with Gasteiger partial charge in [0, 0.05) is 5.56 Å². The highest BCUT2D eigenvalue weighted by atomic mass is 16.2. The molecule has 0 aromatic heterocycles. The van der Waals surface area contributed by atoms with E-state index < -0.39 is 0 Å². The number of carbonyl (C=O) groups excluding carboxylic acids is 1. The van der Waals surface area contributed by atoms with Gasteiger partial charge in [0.25, 0.3) is 0 Å². The number of nitrogens with zero attached hydrogens (tertiary/aromatic N) is 1. The Morgan fingerprint density at radius 3 is 2.14 bits per heavy atom. The van der Waals surface area contributed by atoms with E-state index in [4.69, 9.17) is 0 Å². The first-order valence-corrected chi connectivity index (χ1v) is 7.40. The van der Waals surface area contributed by atoms with Crippen LogP contribution in [0.15, 0.2) is 78.9 Å². The van der Waals surface area contributed by atoms with E-state index in [0.29, 0.717) is 6.42 Å². The Kier molecular flexibility index (Phi) is 3.01. The Bertz CT molecular complexity index is 839. The van der Waals surface area contributed by atoms with Crippen molar-refractivity contribution in [3.8, 4) is 11.1 Å². The molecule has 0 aliphatic carbocycles. The van der Waals surface area contributed by atoms with E-state index in [0.717, 1.165) is 28.1 Å². The zero-order valence-electron chi connectivity index (χ0n) is 12.1. The average molecular weight is 285 g/mol. The summed E-state index contributed by atoms with van der Waals surface area (Å²) in [4.78, 5) is 14.4. The molecule has 0 saturated heterocycles. The summed E-state index contributed by atoms with van der Waals surface area (Å²) in [6.07, 6.45) is 0.472. The lowest BCUT2D eigenvalue weighted by Crippen LogP contribution is -2.21. The third kappa shape index (κ3) is 2.01. The molecule has 0 bridgehead atoms. The lowest BCUT2D eigenvalue weighted by atomic mass is 10.0. The van der Waals surface area contributed by atoms with Crippen molar-refractivity contribution in [1.82, 2.24) is 0 Å². The minimum absolute atomic E-state index is 0.129. The number of hydrogen-bond acceptors (Lipinski definition) is 1. The summed E-state index contributed by atoms with van der Waals surface area (Å²) >= 11 is 0. The van der Waals surface area contributed by atoms with Crippen LogP contribution in [0.4, 0.5) is 11.4 Å². The van der Waals surface area contributed by atoms with Crippen molar-refractivity contribution in [2.45, 2.75) is 6.42 Å². The van der Waals surface area contributed by atoms with Gasteiger partial charge in [-0.1, -0.05) is 66.7 Å². The molecule has 1 heterocycles. The Morgan fingerprint density at radius 2 is 1.32 bits per heavy atom. The Morgan fingerprint density at radius 1 is 0.682 bits per heavy atom. The molecule has 4 rings (SSSR count). The third-order valence-electron chi connectivity index (χ3n) is 4.05. The summed E-state index contributed by atoms with van der Waals surface area (Å²) in [6, 6.07) is 26.3. The second-order valence-corrected chi connectivity index (χ2v) is 5.42. The molecule has 0 saturated carbocycles. The highest BCUT2D eigenvalue weighted by Crippen LogP contribution is 2.40. The van der Waals surface area contributed by atoms with Crippen LogP contribution in [0, 0.1) is 0 Å². The predicted molar refractivity (Wildman–Crippen MR) is 89.2 cm³/mol. The van der Waals surface area contributed by atoms with Crippen LogP contribution < -0.4 is 4.90 Å². The van der Waals surface area contributed by atoms with Gasteiger partial charge in [-0.3, -0.25) is 9.69 Å². The fourth-order valence-electron chi connectivity index (χ4n) is 3.05. The molecule has 1 amide bonds. The maximum absolute atomic E-state index is 12.5. The Hall–Kier alpha value is -2.87. The molecular weight excluding hydrogens is 270 g/mol. The highest BCUT2D eigenvalue weighted by Gasteiger charge is 2.29. The minimum Gasteiger partial charge on any atom is -0.280 e. The van der Waals surface area contributed by atoms with Gasteiger partial charge in [-0.15, -0.1) is 0 Å². The fourth-order valence-corrected chi connectivity index (χ4v) is 3.05. The van der Waals surface area contributed by atoms with Crippen molar-refractivity contribution in [3.05, 3.63) is 84.4 Å². The lowest BCUT2D eigenvalue weighted by Gasteiger charge is -2.21. The molecule has 0 fully saturated rings. The van der Waals surface area contributed by atoms with Gasteiger partial charge in [-0.2, -0.15) is 0 Å². The van der Waals surface area contributed by atoms with Crippen LogP contribution in [-0.2, 0) is 11.2 Å². The number of hydrogen-bond donors (Lipinski definition) is 0. The van der Waals surface area contributed by atoms with Crippen molar-refractivity contribution in [1.29, 1.82) is 0 Å². The molecule has 3 aromatic rings. The average Bonchev–Trinajstić information content (AvgIpc) is 2.91. The van der Waals surface area contributed by atoms with E-state index in [1.807, 2.05) is 65.6 Å². The topological polar surface area (TPSA) is 20.3 Å².